The number of hydrogen-bond acceptors (Lipinski definition) is 2. The fourth-order valence-corrected chi connectivity index (χ4v) is 2.68. The fourth-order valence-electron chi connectivity index (χ4n) is 2.32. The Morgan fingerprint density at radius 2 is 1.83 bits per heavy atom. The molecule has 0 aliphatic rings. The lowest BCUT2D eigenvalue weighted by molar-refractivity contribution is 0.0868. The Labute approximate surface area is 145 Å². The standard InChI is InChI=1S/C19H22BrNO2/c1-19(2,13-22)21-18(23)17-12-16(20)11-10-15(17)9-8-14-6-4-3-5-7-14/h3-7,10-12,22H,8-9,13H2,1-2H3,(H,21,23). The normalized spacial score (nSPS) is 11.3. The first kappa shape index (κ1) is 17.7. The van der Waals surface area contributed by atoms with E-state index < -0.39 is 5.54 Å². The third-order valence-electron chi connectivity index (χ3n) is 3.69. The molecule has 0 aromatic heterocycles. The lowest BCUT2D eigenvalue weighted by Crippen LogP contribution is -2.46. The van der Waals surface area contributed by atoms with E-state index in [1.165, 1.54) is 5.56 Å². The Hall–Kier alpha value is -1.65. The molecule has 0 bridgehead atoms. The van der Waals surface area contributed by atoms with Gasteiger partial charge in [0, 0.05) is 10.0 Å². The molecule has 1 amide bonds. The number of aliphatic hydroxyl groups is 1. The molecule has 0 fully saturated rings. The van der Waals surface area contributed by atoms with Crippen LogP contribution in [0.2, 0.25) is 0 Å². The van der Waals surface area contributed by atoms with Crippen LogP contribution in [0.25, 0.3) is 0 Å². The molecular formula is C19H22BrNO2. The lowest BCUT2D eigenvalue weighted by Gasteiger charge is -2.24. The average molecular weight is 376 g/mol. The van der Waals surface area contributed by atoms with Crippen molar-refractivity contribution >= 4 is 21.8 Å². The minimum Gasteiger partial charge on any atom is -0.394 e. The van der Waals surface area contributed by atoms with E-state index in [0.29, 0.717) is 5.56 Å². The van der Waals surface area contributed by atoms with Gasteiger partial charge in [0.1, 0.15) is 0 Å². The molecular weight excluding hydrogens is 354 g/mol. The molecule has 0 atom stereocenters. The van der Waals surface area contributed by atoms with Gasteiger partial charge in [-0.05, 0) is 49.9 Å². The molecule has 0 radical (unpaired) electrons. The van der Waals surface area contributed by atoms with Crippen molar-refractivity contribution in [3.8, 4) is 0 Å². The van der Waals surface area contributed by atoms with Crippen LogP contribution >= 0.6 is 15.9 Å². The summed E-state index contributed by atoms with van der Waals surface area (Å²) in [7, 11) is 0. The number of nitrogens with one attached hydrogen (secondary N) is 1. The second-order valence-electron chi connectivity index (χ2n) is 6.28. The van der Waals surface area contributed by atoms with Gasteiger partial charge in [-0.25, -0.2) is 0 Å². The molecule has 2 aromatic rings. The minimum absolute atomic E-state index is 0.105. The molecule has 0 aliphatic carbocycles. The monoisotopic (exact) mass is 375 g/mol. The van der Waals surface area contributed by atoms with Gasteiger partial charge in [-0.1, -0.05) is 52.3 Å². The van der Waals surface area contributed by atoms with Gasteiger partial charge in [0.2, 0.25) is 0 Å². The predicted octanol–water partition coefficient (Wildman–Crippen LogP) is 3.74. The van der Waals surface area contributed by atoms with Gasteiger partial charge in [0.05, 0.1) is 12.1 Å². The molecule has 0 heterocycles. The number of rotatable bonds is 6. The zero-order valence-corrected chi connectivity index (χ0v) is 15.1. The number of aliphatic hydroxyl groups excluding tert-OH is 1. The van der Waals surface area contributed by atoms with Crippen LogP contribution in [0.15, 0.2) is 53.0 Å². The maximum atomic E-state index is 12.6. The number of amides is 1. The molecule has 23 heavy (non-hydrogen) atoms. The SMILES string of the molecule is CC(C)(CO)NC(=O)c1cc(Br)ccc1CCc1ccccc1. The molecule has 2 N–H and O–H groups in total. The van der Waals surface area contributed by atoms with Gasteiger partial charge in [0.15, 0.2) is 0 Å². The third-order valence-corrected chi connectivity index (χ3v) is 4.18. The zero-order valence-electron chi connectivity index (χ0n) is 13.5. The predicted molar refractivity (Wildman–Crippen MR) is 96.6 cm³/mol. The van der Waals surface area contributed by atoms with Crippen molar-refractivity contribution in [1.82, 2.24) is 5.32 Å². The molecule has 2 rings (SSSR count). The van der Waals surface area contributed by atoms with Crippen molar-refractivity contribution < 1.29 is 9.90 Å². The second kappa shape index (κ2) is 7.75. The highest BCUT2D eigenvalue weighted by atomic mass is 79.9. The van der Waals surface area contributed by atoms with E-state index >= 15 is 0 Å². The van der Waals surface area contributed by atoms with Crippen LogP contribution in [0.1, 0.15) is 35.3 Å². The van der Waals surface area contributed by atoms with Gasteiger partial charge in [-0.3, -0.25) is 4.79 Å². The van der Waals surface area contributed by atoms with E-state index in [9.17, 15) is 9.90 Å². The zero-order chi connectivity index (χ0) is 16.9. The topological polar surface area (TPSA) is 49.3 Å². The number of benzene rings is 2. The summed E-state index contributed by atoms with van der Waals surface area (Å²) in [5, 5.41) is 12.2. The highest BCUT2D eigenvalue weighted by Gasteiger charge is 2.21. The van der Waals surface area contributed by atoms with Crippen molar-refractivity contribution in [2.75, 3.05) is 6.61 Å². The largest absolute Gasteiger partial charge is 0.394 e. The highest BCUT2D eigenvalue weighted by molar-refractivity contribution is 9.10. The lowest BCUT2D eigenvalue weighted by atomic mass is 9.98. The van der Waals surface area contributed by atoms with E-state index in [4.69, 9.17) is 0 Å². The molecule has 3 nitrogen and oxygen atoms in total. The van der Waals surface area contributed by atoms with Crippen LogP contribution in [0, 0.1) is 0 Å². The summed E-state index contributed by atoms with van der Waals surface area (Å²) in [4.78, 5) is 12.6. The Kier molecular flexibility index (Phi) is 5.97. The summed E-state index contributed by atoms with van der Waals surface area (Å²) in [5.74, 6) is -0.159. The molecule has 0 saturated carbocycles. The van der Waals surface area contributed by atoms with Crippen LogP contribution < -0.4 is 5.32 Å². The first-order chi connectivity index (χ1) is 10.9. The number of aryl methyl sites for hydroxylation is 2. The van der Waals surface area contributed by atoms with Crippen LogP contribution in [0.3, 0.4) is 0 Å². The van der Waals surface area contributed by atoms with Gasteiger partial charge in [0.25, 0.3) is 5.91 Å². The van der Waals surface area contributed by atoms with Crippen molar-refractivity contribution in [2.24, 2.45) is 0 Å². The van der Waals surface area contributed by atoms with Gasteiger partial charge >= 0.3 is 0 Å². The summed E-state index contributed by atoms with van der Waals surface area (Å²) >= 11 is 3.43. The van der Waals surface area contributed by atoms with Gasteiger partial charge < -0.3 is 10.4 Å². The van der Waals surface area contributed by atoms with E-state index in [2.05, 4.69) is 33.4 Å². The van der Waals surface area contributed by atoms with Crippen LogP contribution in [-0.4, -0.2) is 23.2 Å². The Morgan fingerprint density at radius 3 is 2.48 bits per heavy atom. The van der Waals surface area contributed by atoms with Crippen LogP contribution in [0.5, 0.6) is 0 Å². The van der Waals surface area contributed by atoms with E-state index in [1.54, 1.807) is 13.8 Å². The summed E-state index contributed by atoms with van der Waals surface area (Å²) in [6.45, 7) is 3.49. The minimum atomic E-state index is -0.643. The molecule has 0 aliphatic heterocycles. The van der Waals surface area contributed by atoms with E-state index in [-0.39, 0.29) is 12.5 Å². The summed E-state index contributed by atoms with van der Waals surface area (Å²) in [6, 6.07) is 16.0. The van der Waals surface area contributed by atoms with Crippen molar-refractivity contribution in [1.29, 1.82) is 0 Å². The Balaban J connectivity index is 2.18. The third kappa shape index (κ3) is 5.19. The van der Waals surface area contributed by atoms with E-state index in [1.807, 2.05) is 36.4 Å². The molecule has 0 spiro atoms. The molecule has 2 aromatic carbocycles. The van der Waals surface area contributed by atoms with Crippen molar-refractivity contribution in [2.45, 2.75) is 32.2 Å². The second-order valence-corrected chi connectivity index (χ2v) is 7.20. The Morgan fingerprint density at radius 1 is 1.13 bits per heavy atom. The molecule has 122 valence electrons. The summed E-state index contributed by atoms with van der Waals surface area (Å²) in [6.07, 6.45) is 1.67. The molecule has 0 saturated heterocycles. The summed E-state index contributed by atoms with van der Waals surface area (Å²) < 4.78 is 0.868. The van der Waals surface area contributed by atoms with Gasteiger partial charge in [-0.2, -0.15) is 0 Å². The summed E-state index contributed by atoms with van der Waals surface area (Å²) in [5.41, 5.74) is 2.26. The van der Waals surface area contributed by atoms with Crippen molar-refractivity contribution in [3.05, 3.63) is 69.7 Å². The maximum absolute atomic E-state index is 12.6. The van der Waals surface area contributed by atoms with E-state index in [0.717, 1.165) is 22.9 Å². The van der Waals surface area contributed by atoms with Crippen LogP contribution in [-0.2, 0) is 12.8 Å². The quantitative estimate of drug-likeness (QED) is 0.807. The maximum Gasteiger partial charge on any atom is 0.252 e. The van der Waals surface area contributed by atoms with Crippen molar-refractivity contribution in [3.63, 3.8) is 0 Å². The highest BCUT2D eigenvalue weighted by Crippen LogP contribution is 2.19. The first-order valence-electron chi connectivity index (χ1n) is 7.67. The molecule has 4 heteroatoms. The number of carbonyl (C=O) groups excluding carboxylic acids is 1. The number of halogens is 1. The average Bonchev–Trinajstić information content (AvgIpc) is 2.54. The first-order valence-corrected chi connectivity index (χ1v) is 8.46. The number of carbonyl (C=O) groups is 1. The Bertz CT molecular complexity index is 668. The molecule has 0 unspecified atom stereocenters. The smallest absolute Gasteiger partial charge is 0.252 e. The van der Waals surface area contributed by atoms with Gasteiger partial charge in [-0.15, -0.1) is 0 Å². The number of hydrogen-bond donors (Lipinski definition) is 2. The van der Waals surface area contributed by atoms with Crippen LogP contribution in [0.4, 0.5) is 0 Å². The fraction of sp³-hybridized carbons (Fsp3) is 0.316.